The lowest BCUT2D eigenvalue weighted by Gasteiger charge is -2.15. The van der Waals surface area contributed by atoms with E-state index in [0.29, 0.717) is 5.69 Å². The van der Waals surface area contributed by atoms with Gasteiger partial charge in [0.25, 0.3) is 0 Å². The number of rotatable bonds is 4. The predicted molar refractivity (Wildman–Crippen MR) is 70.5 cm³/mol. The van der Waals surface area contributed by atoms with Crippen molar-refractivity contribution in [3.05, 3.63) is 18.2 Å². The molecule has 0 aromatic heterocycles. The number of sulfonamides is 1. The van der Waals surface area contributed by atoms with Gasteiger partial charge >= 0.3 is 0 Å². The van der Waals surface area contributed by atoms with Crippen molar-refractivity contribution in [1.82, 2.24) is 4.31 Å². The zero-order valence-electron chi connectivity index (χ0n) is 10.6. The number of nitrogens with one attached hydrogen (secondary N) is 1. The monoisotopic (exact) mass is 257 g/mol. The van der Waals surface area contributed by atoms with E-state index in [9.17, 15) is 8.42 Å². The molecule has 0 aliphatic rings. The predicted octanol–water partition coefficient (Wildman–Crippen LogP) is 1.34. The van der Waals surface area contributed by atoms with Crippen LogP contribution in [-0.4, -0.2) is 32.9 Å². The molecule has 17 heavy (non-hydrogen) atoms. The van der Waals surface area contributed by atoms with Crippen molar-refractivity contribution in [2.45, 2.75) is 24.8 Å². The molecule has 3 N–H and O–H groups in total. The van der Waals surface area contributed by atoms with Crippen LogP contribution in [0.5, 0.6) is 0 Å². The Labute approximate surface area is 103 Å². The minimum absolute atomic E-state index is 0.203. The number of nitrogens with zero attached hydrogens (tertiary/aromatic N) is 1. The lowest BCUT2D eigenvalue weighted by atomic mass is 10.2. The first kappa shape index (κ1) is 13.8. The van der Waals surface area contributed by atoms with Gasteiger partial charge in [-0.15, -0.1) is 0 Å². The highest BCUT2D eigenvalue weighted by atomic mass is 32.2. The molecular weight excluding hydrogens is 238 g/mol. The van der Waals surface area contributed by atoms with Gasteiger partial charge in [-0.3, -0.25) is 0 Å². The van der Waals surface area contributed by atoms with Gasteiger partial charge < -0.3 is 11.1 Å². The molecule has 1 rings (SSSR count). The third-order valence-corrected chi connectivity index (χ3v) is 4.06. The van der Waals surface area contributed by atoms with Crippen LogP contribution < -0.4 is 11.1 Å². The average molecular weight is 257 g/mol. The number of hydrogen-bond donors (Lipinski definition) is 2. The number of benzene rings is 1. The lowest BCUT2D eigenvalue weighted by molar-refractivity contribution is 0.521. The summed E-state index contributed by atoms with van der Waals surface area (Å²) in [4.78, 5) is 0.203. The van der Waals surface area contributed by atoms with Gasteiger partial charge in [-0.2, -0.15) is 0 Å². The molecule has 0 spiro atoms. The highest BCUT2D eigenvalue weighted by molar-refractivity contribution is 7.89. The molecule has 5 nitrogen and oxygen atoms in total. The molecule has 0 atom stereocenters. The van der Waals surface area contributed by atoms with Crippen molar-refractivity contribution in [3.63, 3.8) is 0 Å². The summed E-state index contributed by atoms with van der Waals surface area (Å²) in [6.07, 6.45) is 0. The first-order valence-electron chi connectivity index (χ1n) is 5.33. The van der Waals surface area contributed by atoms with Crippen LogP contribution in [-0.2, 0) is 10.0 Å². The van der Waals surface area contributed by atoms with E-state index >= 15 is 0 Å². The maximum absolute atomic E-state index is 11.9. The van der Waals surface area contributed by atoms with E-state index < -0.39 is 10.0 Å². The Bertz CT molecular complexity index is 495. The van der Waals surface area contributed by atoms with E-state index in [1.807, 2.05) is 13.8 Å². The molecule has 0 radical (unpaired) electrons. The van der Waals surface area contributed by atoms with E-state index in [-0.39, 0.29) is 10.9 Å². The van der Waals surface area contributed by atoms with Crippen LogP contribution in [0.25, 0.3) is 0 Å². The van der Waals surface area contributed by atoms with Crippen molar-refractivity contribution in [2.75, 3.05) is 25.1 Å². The molecule has 0 saturated heterocycles. The molecule has 0 aliphatic heterocycles. The summed E-state index contributed by atoms with van der Waals surface area (Å²) in [5, 5.41) is 3.15. The maximum Gasteiger partial charge on any atom is 0.242 e. The van der Waals surface area contributed by atoms with Crippen LogP contribution in [0.3, 0.4) is 0 Å². The fourth-order valence-electron chi connectivity index (χ4n) is 1.35. The Balaban J connectivity index is 3.13. The maximum atomic E-state index is 11.9. The van der Waals surface area contributed by atoms with Gasteiger partial charge in [-0.1, -0.05) is 0 Å². The summed E-state index contributed by atoms with van der Waals surface area (Å²) in [6, 6.07) is 4.95. The van der Waals surface area contributed by atoms with E-state index in [1.165, 1.54) is 20.2 Å². The van der Waals surface area contributed by atoms with Gasteiger partial charge in [-0.05, 0) is 32.0 Å². The average Bonchev–Trinajstić information content (AvgIpc) is 2.20. The highest BCUT2D eigenvalue weighted by Gasteiger charge is 2.18. The van der Waals surface area contributed by atoms with Gasteiger partial charge in [0.2, 0.25) is 10.0 Å². The smallest absolute Gasteiger partial charge is 0.242 e. The number of nitrogens with two attached hydrogens (primary N) is 1. The molecule has 1 aromatic rings. The number of anilines is 2. The zero-order valence-corrected chi connectivity index (χ0v) is 11.4. The SMILES string of the molecule is CC(C)Nc1ccc(S(=O)(=O)N(C)C)cc1N. The van der Waals surface area contributed by atoms with Crippen LogP contribution in [0.4, 0.5) is 11.4 Å². The van der Waals surface area contributed by atoms with Gasteiger partial charge in [0, 0.05) is 20.1 Å². The van der Waals surface area contributed by atoms with E-state index in [0.717, 1.165) is 9.99 Å². The van der Waals surface area contributed by atoms with Gasteiger partial charge in [0.15, 0.2) is 0 Å². The Kier molecular flexibility index (Phi) is 4.00. The Morgan fingerprint density at radius 1 is 1.29 bits per heavy atom. The molecule has 0 unspecified atom stereocenters. The third kappa shape index (κ3) is 3.10. The molecule has 0 amide bonds. The molecule has 1 aromatic carbocycles. The van der Waals surface area contributed by atoms with Gasteiger partial charge in [-0.25, -0.2) is 12.7 Å². The molecular formula is C11H19N3O2S. The van der Waals surface area contributed by atoms with E-state index in [1.54, 1.807) is 12.1 Å². The van der Waals surface area contributed by atoms with Crippen molar-refractivity contribution >= 4 is 21.4 Å². The first-order chi connectivity index (χ1) is 7.75. The summed E-state index contributed by atoms with van der Waals surface area (Å²) < 4.78 is 24.9. The first-order valence-corrected chi connectivity index (χ1v) is 6.77. The molecule has 0 fully saturated rings. The second-order valence-electron chi connectivity index (χ2n) is 4.34. The van der Waals surface area contributed by atoms with Crippen molar-refractivity contribution < 1.29 is 8.42 Å². The Hall–Kier alpha value is -1.27. The number of hydrogen-bond acceptors (Lipinski definition) is 4. The second kappa shape index (κ2) is 4.93. The highest BCUT2D eigenvalue weighted by Crippen LogP contribution is 2.24. The minimum atomic E-state index is -3.42. The standard InChI is InChI=1S/C11H19N3O2S/c1-8(2)13-11-6-5-9(7-10(11)12)17(15,16)14(3)4/h5-8,13H,12H2,1-4H3. The van der Waals surface area contributed by atoms with Crippen LogP contribution in [0.2, 0.25) is 0 Å². The second-order valence-corrected chi connectivity index (χ2v) is 6.49. The van der Waals surface area contributed by atoms with Crippen molar-refractivity contribution in [3.8, 4) is 0 Å². The largest absolute Gasteiger partial charge is 0.397 e. The minimum Gasteiger partial charge on any atom is -0.397 e. The molecule has 0 heterocycles. The molecule has 0 bridgehead atoms. The summed E-state index contributed by atoms with van der Waals surface area (Å²) in [6.45, 7) is 3.98. The van der Waals surface area contributed by atoms with Crippen LogP contribution in [0.15, 0.2) is 23.1 Å². The fraction of sp³-hybridized carbons (Fsp3) is 0.455. The third-order valence-electron chi connectivity index (χ3n) is 2.25. The van der Waals surface area contributed by atoms with Crippen LogP contribution in [0.1, 0.15) is 13.8 Å². The van der Waals surface area contributed by atoms with Gasteiger partial charge in [0.05, 0.1) is 16.3 Å². The lowest BCUT2D eigenvalue weighted by Crippen LogP contribution is -2.22. The normalized spacial score (nSPS) is 12.1. The number of nitrogen functional groups attached to an aromatic ring is 1. The quantitative estimate of drug-likeness (QED) is 0.798. The van der Waals surface area contributed by atoms with Crippen molar-refractivity contribution in [1.29, 1.82) is 0 Å². The van der Waals surface area contributed by atoms with E-state index in [4.69, 9.17) is 5.73 Å². The van der Waals surface area contributed by atoms with Gasteiger partial charge in [0.1, 0.15) is 0 Å². The molecule has 0 saturated carbocycles. The van der Waals surface area contributed by atoms with Crippen molar-refractivity contribution in [2.24, 2.45) is 0 Å². The summed E-state index contributed by atoms with van der Waals surface area (Å²) in [5.74, 6) is 0. The zero-order chi connectivity index (χ0) is 13.2. The molecule has 0 aliphatic carbocycles. The summed E-state index contributed by atoms with van der Waals surface area (Å²) >= 11 is 0. The summed E-state index contributed by atoms with van der Waals surface area (Å²) in [7, 11) is -0.435. The van der Waals surface area contributed by atoms with E-state index in [2.05, 4.69) is 5.32 Å². The van der Waals surface area contributed by atoms with Crippen LogP contribution in [0, 0.1) is 0 Å². The Morgan fingerprint density at radius 3 is 2.29 bits per heavy atom. The topological polar surface area (TPSA) is 75.4 Å². The summed E-state index contributed by atoms with van der Waals surface area (Å²) in [5.41, 5.74) is 7.00. The van der Waals surface area contributed by atoms with Crippen LogP contribution >= 0.6 is 0 Å². The molecule has 96 valence electrons. The fourth-order valence-corrected chi connectivity index (χ4v) is 2.29. The molecule has 6 heteroatoms. The Morgan fingerprint density at radius 2 is 1.88 bits per heavy atom.